The van der Waals surface area contributed by atoms with Crippen molar-refractivity contribution in [1.29, 1.82) is 0 Å². The van der Waals surface area contributed by atoms with Crippen LogP contribution in [-0.4, -0.2) is 69.8 Å². The highest BCUT2D eigenvalue weighted by Gasteiger charge is 2.18. The average Bonchev–Trinajstić information content (AvgIpc) is 3.09. The third-order valence-electron chi connectivity index (χ3n) is 4.93. The van der Waals surface area contributed by atoms with Gasteiger partial charge in [-0.2, -0.15) is 0 Å². The Labute approximate surface area is 125 Å². The zero-order valence-electron chi connectivity index (χ0n) is 13.4. The lowest BCUT2D eigenvalue weighted by Crippen LogP contribution is -3.10. The van der Waals surface area contributed by atoms with Crippen LogP contribution in [0, 0.1) is 0 Å². The van der Waals surface area contributed by atoms with Crippen LogP contribution in [0.4, 0.5) is 0 Å². The second-order valence-electron chi connectivity index (χ2n) is 6.59. The van der Waals surface area contributed by atoms with E-state index in [0.717, 1.165) is 19.1 Å². The average molecular weight is 283 g/mol. The molecule has 118 valence electrons. The van der Waals surface area contributed by atoms with E-state index in [1.807, 2.05) is 0 Å². The zero-order valence-corrected chi connectivity index (χ0v) is 13.4. The van der Waals surface area contributed by atoms with Gasteiger partial charge in [-0.3, -0.25) is 0 Å². The van der Waals surface area contributed by atoms with Crippen molar-refractivity contribution in [3.8, 4) is 0 Å². The summed E-state index contributed by atoms with van der Waals surface area (Å²) < 4.78 is 0. The van der Waals surface area contributed by atoms with Crippen LogP contribution in [0.15, 0.2) is 0 Å². The van der Waals surface area contributed by atoms with Gasteiger partial charge in [0, 0.05) is 38.5 Å². The molecule has 3 N–H and O–H groups in total. The van der Waals surface area contributed by atoms with Gasteiger partial charge in [0.2, 0.25) is 0 Å². The van der Waals surface area contributed by atoms with Gasteiger partial charge >= 0.3 is 0 Å². The second kappa shape index (κ2) is 9.72. The Morgan fingerprint density at radius 1 is 1.00 bits per heavy atom. The highest BCUT2D eigenvalue weighted by Crippen LogP contribution is 2.15. The van der Waals surface area contributed by atoms with Crippen LogP contribution in [0.2, 0.25) is 0 Å². The molecule has 2 fully saturated rings. The lowest BCUT2D eigenvalue weighted by atomic mass is 10.2. The molecule has 0 bridgehead atoms. The summed E-state index contributed by atoms with van der Waals surface area (Å²) in [5.74, 6) is 0. The van der Waals surface area contributed by atoms with Gasteiger partial charge in [0.1, 0.15) is 0 Å². The van der Waals surface area contributed by atoms with Crippen LogP contribution in [-0.2, 0) is 0 Å². The summed E-state index contributed by atoms with van der Waals surface area (Å²) in [6.07, 6.45) is 6.97. The largest absolute Gasteiger partial charge is 0.334 e. The van der Waals surface area contributed by atoms with Crippen LogP contribution < -0.4 is 15.5 Å². The van der Waals surface area contributed by atoms with E-state index in [-0.39, 0.29) is 0 Å². The number of hydrogen-bond donors (Lipinski definition) is 3. The molecule has 1 unspecified atom stereocenters. The first-order chi connectivity index (χ1) is 9.86. The van der Waals surface area contributed by atoms with Crippen molar-refractivity contribution in [2.75, 3.05) is 58.9 Å². The smallest absolute Gasteiger partial charge is 0.0897 e. The van der Waals surface area contributed by atoms with Crippen molar-refractivity contribution in [2.24, 2.45) is 0 Å². The van der Waals surface area contributed by atoms with Crippen molar-refractivity contribution < 1.29 is 4.90 Å². The van der Waals surface area contributed by atoms with Gasteiger partial charge in [-0.25, -0.2) is 0 Å². The molecule has 0 amide bonds. The van der Waals surface area contributed by atoms with Crippen LogP contribution in [0.5, 0.6) is 0 Å². The summed E-state index contributed by atoms with van der Waals surface area (Å²) in [5.41, 5.74) is 0. The maximum Gasteiger partial charge on any atom is 0.0897 e. The van der Waals surface area contributed by atoms with Gasteiger partial charge in [-0.1, -0.05) is 0 Å². The summed E-state index contributed by atoms with van der Waals surface area (Å²) >= 11 is 0. The van der Waals surface area contributed by atoms with Crippen molar-refractivity contribution >= 4 is 0 Å². The molecule has 0 aromatic heterocycles. The first-order valence-corrected chi connectivity index (χ1v) is 8.85. The van der Waals surface area contributed by atoms with E-state index < -0.39 is 0 Å². The second-order valence-corrected chi connectivity index (χ2v) is 6.59. The van der Waals surface area contributed by atoms with Gasteiger partial charge < -0.3 is 20.4 Å². The molecule has 0 radical (unpaired) electrons. The van der Waals surface area contributed by atoms with Crippen molar-refractivity contribution in [2.45, 2.75) is 45.1 Å². The van der Waals surface area contributed by atoms with E-state index in [2.05, 4.69) is 22.5 Å². The van der Waals surface area contributed by atoms with E-state index in [0.29, 0.717) is 0 Å². The summed E-state index contributed by atoms with van der Waals surface area (Å²) in [7, 11) is 0. The summed E-state index contributed by atoms with van der Waals surface area (Å²) in [5, 5.41) is 7.11. The maximum absolute atomic E-state index is 3.56. The minimum absolute atomic E-state index is 0.824. The molecule has 2 rings (SSSR count). The minimum atomic E-state index is 0.824. The molecule has 0 aromatic rings. The third-order valence-corrected chi connectivity index (χ3v) is 4.93. The normalized spacial score (nSPS) is 24.8. The zero-order chi connectivity index (χ0) is 14.0. The minimum Gasteiger partial charge on any atom is -0.334 e. The predicted molar refractivity (Wildman–Crippen MR) is 85.4 cm³/mol. The van der Waals surface area contributed by atoms with E-state index in [1.165, 1.54) is 77.9 Å². The van der Waals surface area contributed by atoms with Crippen molar-refractivity contribution in [3.63, 3.8) is 0 Å². The predicted octanol–water partition coefficient (Wildman–Crippen LogP) is -0.281. The van der Waals surface area contributed by atoms with E-state index in [4.69, 9.17) is 0 Å². The molecule has 4 nitrogen and oxygen atoms in total. The van der Waals surface area contributed by atoms with E-state index >= 15 is 0 Å². The molecular formula is C16H35N4+. The molecule has 0 saturated carbocycles. The number of nitrogens with one attached hydrogen (secondary N) is 3. The Morgan fingerprint density at radius 2 is 1.75 bits per heavy atom. The molecule has 1 atom stereocenters. The maximum atomic E-state index is 3.56. The molecule has 2 heterocycles. The fourth-order valence-electron chi connectivity index (χ4n) is 3.55. The number of quaternary nitrogens is 1. The summed E-state index contributed by atoms with van der Waals surface area (Å²) in [6.45, 7) is 13.7. The first kappa shape index (κ1) is 16.2. The molecule has 4 heteroatoms. The number of likely N-dealkylation sites (tertiary alicyclic amines) is 2. The SMILES string of the molecule is CC1CCCN1CCCNCCNCC[NH+]1CCCC1. The van der Waals surface area contributed by atoms with Crippen LogP contribution in [0.25, 0.3) is 0 Å². The fraction of sp³-hybridized carbons (Fsp3) is 1.00. The molecule has 2 aliphatic rings. The monoisotopic (exact) mass is 283 g/mol. The molecule has 0 aromatic carbocycles. The van der Waals surface area contributed by atoms with Gasteiger partial charge in [-0.05, 0) is 45.8 Å². The molecule has 20 heavy (non-hydrogen) atoms. The van der Waals surface area contributed by atoms with Gasteiger partial charge in [-0.15, -0.1) is 0 Å². The number of nitrogens with zero attached hydrogens (tertiary/aromatic N) is 1. The first-order valence-electron chi connectivity index (χ1n) is 8.85. The summed E-state index contributed by atoms with van der Waals surface area (Å²) in [6, 6.07) is 0.824. The standard InChI is InChI=1S/C16H34N4/c1-16-6-4-13-20(16)14-5-7-17-8-9-18-10-15-19-11-2-3-12-19/h16-18H,2-15H2,1H3/p+1. The Balaban J connectivity index is 1.31. The Kier molecular flexibility index (Phi) is 7.88. The van der Waals surface area contributed by atoms with Gasteiger partial charge in [0.05, 0.1) is 19.6 Å². The molecule has 2 saturated heterocycles. The lowest BCUT2D eigenvalue weighted by molar-refractivity contribution is -0.886. The topological polar surface area (TPSA) is 31.7 Å². The quantitative estimate of drug-likeness (QED) is 0.482. The Bertz CT molecular complexity index is 241. The molecule has 2 aliphatic heterocycles. The molecule has 0 aliphatic carbocycles. The Hall–Kier alpha value is -0.160. The third kappa shape index (κ3) is 6.08. The van der Waals surface area contributed by atoms with Crippen molar-refractivity contribution in [1.82, 2.24) is 15.5 Å². The summed E-state index contributed by atoms with van der Waals surface area (Å²) in [4.78, 5) is 4.43. The van der Waals surface area contributed by atoms with Gasteiger partial charge in [0.25, 0.3) is 0 Å². The lowest BCUT2D eigenvalue weighted by Gasteiger charge is -2.20. The van der Waals surface area contributed by atoms with Gasteiger partial charge in [0.15, 0.2) is 0 Å². The Morgan fingerprint density at radius 3 is 2.45 bits per heavy atom. The van der Waals surface area contributed by atoms with E-state index in [9.17, 15) is 0 Å². The molecule has 0 spiro atoms. The fourth-order valence-corrected chi connectivity index (χ4v) is 3.55. The highest BCUT2D eigenvalue weighted by atomic mass is 15.2. The van der Waals surface area contributed by atoms with E-state index in [1.54, 1.807) is 4.90 Å². The number of hydrogen-bond acceptors (Lipinski definition) is 3. The van der Waals surface area contributed by atoms with Crippen LogP contribution >= 0.6 is 0 Å². The highest BCUT2D eigenvalue weighted by molar-refractivity contribution is 4.74. The van der Waals surface area contributed by atoms with Crippen LogP contribution in [0.1, 0.15) is 39.0 Å². The number of rotatable bonds is 10. The molecular weight excluding hydrogens is 248 g/mol. The van der Waals surface area contributed by atoms with Crippen LogP contribution in [0.3, 0.4) is 0 Å². The van der Waals surface area contributed by atoms with Crippen molar-refractivity contribution in [3.05, 3.63) is 0 Å².